The Labute approximate surface area is 183 Å². The summed E-state index contributed by atoms with van der Waals surface area (Å²) in [6, 6.07) is 17.3. The van der Waals surface area contributed by atoms with Crippen LogP contribution >= 0.6 is 0 Å². The molecular formula is C25H30N2O4. The monoisotopic (exact) mass is 422 g/mol. The normalized spacial score (nSPS) is 29.8. The molecule has 6 nitrogen and oxygen atoms in total. The predicted molar refractivity (Wildman–Crippen MR) is 118 cm³/mol. The molecule has 6 rings (SSSR count). The molecule has 4 atom stereocenters. The maximum absolute atomic E-state index is 6.05. The number of nitrogen functional groups attached to an aromatic ring is 1. The number of nitrogens with two attached hydrogens (primary N) is 1. The number of hydrogen-bond acceptors (Lipinski definition) is 6. The van der Waals surface area contributed by atoms with Crippen LogP contribution in [0.15, 0.2) is 48.5 Å². The van der Waals surface area contributed by atoms with E-state index in [9.17, 15) is 0 Å². The average molecular weight is 423 g/mol. The number of ether oxygens (including phenoxy) is 4. The summed E-state index contributed by atoms with van der Waals surface area (Å²) in [7, 11) is 0. The highest BCUT2D eigenvalue weighted by molar-refractivity contribution is 5.61. The molecular weight excluding hydrogens is 392 g/mol. The third-order valence-corrected chi connectivity index (χ3v) is 6.83. The summed E-state index contributed by atoms with van der Waals surface area (Å²) in [5.74, 6) is 0. The number of anilines is 2. The molecule has 0 radical (unpaired) electrons. The summed E-state index contributed by atoms with van der Waals surface area (Å²) in [5.41, 5.74) is 10.5. The van der Waals surface area contributed by atoms with Gasteiger partial charge in [0.05, 0.1) is 50.8 Å². The van der Waals surface area contributed by atoms with Gasteiger partial charge >= 0.3 is 0 Å². The van der Waals surface area contributed by atoms with E-state index in [-0.39, 0.29) is 17.6 Å². The van der Waals surface area contributed by atoms with Crippen LogP contribution in [-0.4, -0.2) is 63.9 Å². The number of nitrogens with zero attached hydrogens (tertiary/aromatic N) is 1. The fraction of sp³-hybridized carbons (Fsp3) is 0.520. The zero-order chi connectivity index (χ0) is 20.8. The van der Waals surface area contributed by atoms with E-state index >= 15 is 0 Å². The Hall–Kier alpha value is -2.12. The van der Waals surface area contributed by atoms with Gasteiger partial charge in [0.1, 0.15) is 0 Å². The Morgan fingerprint density at radius 2 is 1.26 bits per heavy atom. The Balaban J connectivity index is 1.46. The number of hydrogen-bond donors (Lipinski definition) is 1. The Bertz CT molecular complexity index is 889. The lowest BCUT2D eigenvalue weighted by Gasteiger charge is -2.39. The van der Waals surface area contributed by atoms with E-state index < -0.39 is 0 Å². The largest absolute Gasteiger partial charge is 0.399 e. The lowest BCUT2D eigenvalue weighted by atomic mass is 9.67. The Kier molecular flexibility index (Phi) is 4.91. The van der Waals surface area contributed by atoms with E-state index in [1.165, 1.54) is 16.8 Å². The van der Waals surface area contributed by atoms with Gasteiger partial charge in [-0.25, -0.2) is 0 Å². The summed E-state index contributed by atoms with van der Waals surface area (Å²) in [6.45, 7) is 5.15. The molecule has 4 fully saturated rings. The van der Waals surface area contributed by atoms with Crippen molar-refractivity contribution < 1.29 is 18.9 Å². The van der Waals surface area contributed by atoms with Crippen LogP contribution in [0.2, 0.25) is 0 Å². The minimum absolute atomic E-state index is 0.195. The summed E-state index contributed by atoms with van der Waals surface area (Å²) in [4.78, 5) is 2.47. The second kappa shape index (κ2) is 7.78. The molecule has 6 heteroatoms. The molecule has 2 N–H and O–H groups in total. The highest BCUT2D eigenvalue weighted by Gasteiger charge is 2.46. The molecule has 0 spiro atoms. The smallest absolute Gasteiger partial charge is 0.0984 e. The first-order valence-electron chi connectivity index (χ1n) is 11.4. The quantitative estimate of drug-likeness (QED) is 0.443. The lowest BCUT2D eigenvalue weighted by molar-refractivity contribution is 0.299. The van der Waals surface area contributed by atoms with Crippen molar-refractivity contribution in [2.75, 3.05) is 50.2 Å². The first kappa shape index (κ1) is 19.6. The Morgan fingerprint density at radius 1 is 0.742 bits per heavy atom. The van der Waals surface area contributed by atoms with E-state index in [0.29, 0.717) is 12.2 Å². The molecule has 4 aliphatic rings. The highest BCUT2D eigenvalue weighted by atomic mass is 16.6. The van der Waals surface area contributed by atoms with Crippen molar-refractivity contribution in [3.8, 4) is 0 Å². The van der Waals surface area contributed by atoms with Gasteiger partial charge in [0.25, 0.3) is 0 Å². The van der Waals surface area contributed by atoms with E-state index in [0.717, 1.165) is 58.0 Å². The van der Waals surface area contributed by atoms with Crippen molar-refractivity contribution >= 4 is 11.4 Å². The van der Waals surface area contributed by atoms with Crippen molar-refractivity contribution in [3.05, 3.63) is 59.7 Å². The molecule has 4 aliphatic heterocycles. The Morgan fingerprint density at radius 3 is 1.77 bits per heavy atom. The summed E-state index contributed by atoms with van der Waals surface area (Å²) < 4.78 is 22.7. The molecule has 164 valence electrons. The highest BCUT2D eigenvalue weighted by Crippen LogP contribution is 2.49. The zero-order valence-corrected chi connectivity index (χ0v) is 17.7. The van der Waals surface area contributed by atoms with E-state index in [1.807, 2.05) is 12.1 Å². The third kappa shape index (κ3) is 4.44. The molecule has 31 heavy (non-hydrogen) atoms. The van der Waals surface area contributed by atoms with Crippen LogP contribution in [0.4, 0.5) is 11.4 Å². The number of para-hydroxylation sites is 1. The average Bonchev–Trinajstić information content (AvgIpc) is 3.62. The molecule has 0 aliphatic carbocycles. The van der Waals surface area contributed by atoms with E-state index in [2.05, 4.69) is 41.3 Å². The minimum atomic E-state index is -0.195. The standard InChI is InChI=1S/C25H30N2O4/c26-18-7-5-17(6-8-18)25(9-19-13-28-19,10-20-14-29-20)23-3-1-2-4-24(23)27(11-21-15-30-21)12-22-16-31-22/h1-8,19-22H,9-16,26H2. The maximum Gasteiger partial charge on any atom is 0.0984 e. The summed E-state index contributed by atoms with van der Waals surface area (Å²) in [5, 5.41) is 0. The van der Waals surface area contributed by atoms with Gasteiger partial charge < -0.3 is 29.6 Å². The molecule has 0 amide bonds. The van der Waals surface area contributed by atoms with Gasteiger partial charge in [0.2, 0.25) is 0 Å². The van der Waals surface area contributed by atoms with Gasteiger partial charge in [-0.3, -0.25) is 0 Å². The SMILES string of the molecule is Nc1ccc(C(CC2CO2)(CC2CO2)c2ccccc2N(CC2CO2)CC2CO2)cc1. The minimum Gasteiger partial charge on any atom is -0.399 e. The molecule has 0 bridgehead atoms. The van der Waals surface area contributed by atoms with Crippen LogP contribution in [0.25, 0.3) is 0 Å². The fourth-order valence-corrected chi connectivity index (χ4v) is 4.91. The van der Waals surface area contributed by atoms with Crippen LogP contribution in [0.3, 0.4) is 0 Å². The number of benzene rings is 2. The van der Waals surface area contributed by atoms with Crippen LogP contribution in [0, 0.1) is 0 Å². The van der Waals surface area contributed by atoms with E-state index in [1.54, 1.807) is 0 Å². The molecule has 2 aromatic carbocycles. The molecule has 4 heterocycles. The fourth-order valence-electron chi connectivity index (χ4n) is 4.91. The maximum atomic E-state index is 6.05. The first-order valence-corrected chi connectivity index (χ1v) is 11.4. The number of epoxide rings is 4. The van der Waals surface area contributed by atoms with Crippen LogP contribution in [0.5, 0.6) is 0 Å². The van der Waals surface area contributed by atoms with Crippen molar-refractivity contribution in [2.24, 2.45) is 0 Å². The van der Waals surface area contributed by atoms with Gasteiger partial charge in [0, 0.05) is 29.9 Å². The second-order valence-corrected chi connectivity index (χ2v) is 9.36. The summed E-state index contributed by atoms with van der Waals surface area (Å²) >= 11 is 0. The zero-order valence-electron chi connectivity index (χ0n) is 17.7. The topological polar surface area (TPSA) is 79.4 Å². The lowest BCUT2D eigenvalue weighted by Crippen LogP contribution is -2.37. The number of rotatable bonds is 11. The first-order chi connectivity index (χ1) is 15.2. The van der Waals surface area contributed by atoms with Gasteiger partial charge in [0.15, 0.2) is 0 Å². The van der Waals surface area contributed by atoms with Gasteiger partial charge in [-0.2, -0.15) is 0 Å². The van der Waals surface area contributed by atoms with Crippen molar-refractivity contribution in [1.82, 2.24) is 0 Å². The van der Waals surface area contributed by atoms with Gasteiger partial charge in [-0.05, 0) is 42.2 Å². The predicted octanol–water partition coefficient (Wildman–Crippen LogP) is 2.74. The van der Waals surface area contributed by atoms with Crippen molar-refractivity contribution in [1.29, 1.82) is 0 Å². The van der Waals surface area contributed by atoms with Crippen molar-refractivity contribution in [2.45, 2.75) is 42.7 Å². The van der Waals surface area contributed by atoms with Gasteiger partial charge in [-0.15, -0.1) is 0 Å². The van der Waals surface area contributed by atoms with Crippen LogP contribution in [-0.2, 0) is 24.4 Å². The molecule has 0 aromatic heterocycles. The van der Waals surface area contributed by atoms with Crippen molar-refractivity contribution in [3.63, 3.8) is 0 Å². The molecule has 0 saturated carbocycles. The molecule has 4 unspecified atom stereocenters. The van der Waals surface area contributed by atoms with E-state index in [4.69, 9.17) is 24.7 Å². The molecule has 4 saturated heterocycles. The second-order valence-electron chi connectivity index (χ2n) is 9.36. The summed E-state index contributed by atoms with van der Waals surface area (Å²) in [6.07, 6.45) is 3.10. The third-order valence-electron chi connectivity index (χ3n) is 6.83. The molecule has 2 aromatic rings. The van der Waals surface area contributed by atoms with Gasteiger partial charge in [-0.1, -0.05) is 30.3 Å². The van der Waals surface area contributed by atoms with Crippen LogP contribution < -0.4 is 10.6 Å². The van der Waals surface area contributed by atoms with Crippen LogP contribution in [0.1, 0.15) is 24.0 Å².